The Morgan fingerprint density at radius 3 is 2.40 bits per heavy atom. The first-order valence-electron chi connectivity index (χ1n) is 4.59. The summed E-state index contributed by atoms with van der Waals surface area (Å²) in [7, 11) is 3.68. The SMILES string of the molecule is CNc1nnc(-c2ccc(O)cc2)n1C. The summed E-state index contributed by atoms with van der Waals surface area (Å²) in [6.45, 7) is 0. The maximum atomic E-state index is 9.17. The molecular weight excluding hydrogens is 192 g/mol. The highest BCUT2D eigenvalue weighted by Gasteiger charge is 2.08. The molecule has 1 aromatic carbocycles. The molecule has 0 amide bonds. The van der Waals surface area contributed by atoms with Crippen molar-refractivity contribution in [1.82, 2.24) is 14.8 Å². The second kappa shape index (κ2) is 3.61. The summed E-state index contributed by atoms with van der Waals surface area (Å²) in [5.41, 5.74) is 0.921. The first-order valence-corrected chi connectivity index (χ1v) is 4.59. The first kappa shape index (κ1) is 9.51. The van der Waals surface area contributed by atoms with E-state index in [1.807, 2.05) is 11.6 Å². The molecule has 0 aliphatic rings. The molecule has 0 bridgehead atoms. The minimum atomic E-state index is 0.245. The number of rotatable bonds is 2. The largest absolute Gasteiger partial charge is 0.508 e. The average molecular weight is 204 g/mol. The lowest BCUT2D eigenvalue weighted by atomic mass is 10.2. The Morgan fingerprint density at radius 1 is 1.20 bits per heavy atom. The second-order valence-electron chi connectivity index (χ2n) is 3.20. The van der Waals surface area contributed by atoms with E-state index >= 15 is 0 Å². The molecule has 0 unspecified atom stereocenters. The van der Waals surface area contributed by atoms with Gasteiger partial charge in [0.05, 0.1) is 0 Å². The van der Waals surface area contributed by atoms with Gasteiger partial charge in [-0.15, -0.1) is 10.2 Å². The Hall–Kier alpha value is -2.04. The number of anilines is 1. The zero-order valence-electron chi connectivity index (χ0n) is 8.60. The molecule has 1 aromatic heterocycles. The maximum absolute atomic E-state index is 9.17. The Bertz CT molecular complexity index is 461. The fourth-order valence-corrected chi connectivity index (χ4v) is 1.41. The lowest BCUT2D eigenvalue weighted by molar-refractivity contribution is 0.475. The summed E-state index contributed by atoms with van der Waals surface area (Å²) in [6, 6.07) is 6.86. The lowest BCUT2D eigenvalue weighted by Crippen LogP contribution is -1.99. The zero-order chi connectivity index (χ0) is 10.8. The van der Waals surface area contributed by atoms with Crippen molar-refractivity contribution in [3.05, 3.63) is 24.3 Å². The number of hydrogen-bond donors (Lipinski definition) is 2. The van der Waals surface area contributed by atoms with Crippen LogP contribution in [0.4, 0.5) is 5.95 Å². The summed E-state index contributed by atoms with van der Waals surface area (Å²) in [5, 5.41) is 20.1. The molecule has 0 spiro atoms. The molecule has 15 heavy (non-hydrogen) atoms. The fourth-order valence-electron chi connectivity index (χ4n) is 1.41. The molecule has 2 aromatic rings. The standard InChI is InChI=1S/C10H12N4O/c1-11-10-13-12-9(14(10)2)7-3-5-8(15)6-4-7/h3-6,15H,1-2H3,(H,11,13). The highest BCUT2D eigenvalue weighted by Crippen LogP contribution is 2.21. The van der Waals surface area contributed by atoms with Crippen LogP contribution in [0.5, 0.6) is 5.75 Å². The van der Waals surface area contributed by atoms with Crippen LogP contribution in [0.15, 0.2) is 24.3 Å². The van der Waals surface area contributed by atoms with Crippen LogP contribution < -0.4 is 5.32 Å². The molecule has 0 saturated carbocycles. The smallest absolute Gasteiger partial charge is 0.224 e. The summed E-state index contributed by atoms with van der Waals surface area (Å²) in [4.78, 5) is 0. The van der Waals surface area contributed by atoms with Crippen LogP contribution in [0.1, 0.15) is 0 Å². The van der Waals surface area contributed by atoms with Crippen molar-refractivity contribution in [2.24, 2.45) is 7.05 Å². The number of phenols is 1. The van der Waals surface area contributed by atoms with Crippen LogP contribution in [0.25, 0.3) is 11.4 Å². The van der Waals surface area contributed by atoms with Crippen LogP contribution in [0, 0.1) is 0 Å². The molecule has 0 atom stereocenters. The predicted molar refractivity (Wildman–Crippen MR) is 57.7 cm³/mol. The molecule has 78 valence electrons. The van der Waals surface area contributed by atoms with E-state index < -0.39 is 0 Å². The van der Waals surface area contributed by atoms with Gasteiger partial charge in [0.25, 0.3) is 0 Å². The number of hydrogen-bond acceptors (Lipinski definition) is 4. The Morgan fingerprint density at radius 2 is 1.87 bits per heavy atom. The Balaban J connectivity index is 2.45. The summed E-state index contributed by atoms with van der Waals surface area (Å²) in [5.74, 6) is 1.71. The van der Waals surface area contributed by atoms with Crippen molar-refractivity contribution < 1.29 is 5.11 Å². The molecule has 0 aliphatic heterocycles. The van der Waals surface area contributed by atoms with E-state index in [2.05, 4.69) is 15.5 Å². The molecule has 0 aliphatic carbocycles. The molecule has 0 fully saturated rings. The van der Waals surface area contributed by atoms with Gasteiger partial charge in [-0.3, -0.25) is 4.57 Å². The maximum Gasteiger partial charge on any atom is 0.224 e. The van der Waals surface area contributed by atoms with Gasteiger partial charge >= 0.3 is 0 Å². The molecule has 1 heterocycles. The van der Waals surface area contributed by atoms with Gasteiger partial charge in [-0.2, -0.15) is 0 Å². The monoisotopic (exact) mass is 204 g/mol. The van der Waals surface area contributed by atoms with Crippen LogP contribution in [-0.4, -0.2) is 26.9 Å². The lowest BCUT2D eigenvalue weighted by Gasteiger charge is -2.02. The summed E-state index contributed by atoms with van der Waals surface area (Å²) >= 11 is 0. The highest BCUT2D eigenvalue weighted by molar-refractivity contribution is 5.58. The van der Waals surface area contributed by atoms with Gasteiger partial charge in [-0.1, -0.05) is 0 Å². The molecule has 5 nitrogen and oxygen atoms in total. The fraction of sp³-hybridized carbons (Fsp3) is 0.200. The normalized spacial score (nSPS) is 10.3. The van der Waals surface area contributed by atoms with Gasteiger partial charge in [0.1, 0.15) is 5.75 Å². The summed E-state index contributed by atoms with van der Waals surface area (Å²) < 4.78 is 1.85. The van der Waals surface area contributed by atoms with Crippen LogP contribution in [0.2, 0.25) is 0 Å². The topological polar surface area (TPSA) is 63.0 Å². The third-order valence-electron chi connectivity index (χ3n) is 2.22. The van der Waals surface area contributed by atoms with Gasteiger partial charge < -0.3 is 10.4 Å². The Kier molecular flexibility index (Phi) is 2.29. The second-order valence-corrected chi connectivity index (χ2v) is 3.20. The molecule has 0 saturated heterocycles. The van der Waals surface area contributed by atoms with Gasteiger partial charge in [-0.05, 0) is 24.3 Å². The van der Waals surface area contributed by atoms with E-state index in [0.717, 1.165) is 11.4 Å². The third-order valence-corrected chi connectivity index (χ3v) is 2.22. The van der Waals surface area contributed by atoms with E-state index in [0.29, 0.717) is 5.95 Å². The van der Waals surface area contributed by atoms with Crippen LogP contribution in [0.3, 0.4) is 0 Å². The van der Waals surface area contributed by atoms with Gasteiger partial charge in [0.15, 0.2) is 5.82 Å². The number of aromatic nitrogens is 3. The van der Waals surface area contributed by atoms with E-state index in [-0.39, 0.29) is 5.75 Å². The zero-order valence-corrected chi connectivity index (χ0v) is 8.60. The molecule has 0 radical (unpaired) electrons. The van der Waals surface area contributed by atoms with Gasteiger partial charge in [0.2, 0.25) is 5.95 Å². The molecular formula is C10H12N4O. The van der Waals surface area contributed by atoms with E-state index in [1.54, 1.807) is 31.3 Å². The number of benzene rings is 1. The highest BCUT2D eigenvalue weighted by atomic mass is 16.3. The molecule has 2 N–H and O–H groups in total. The van der Waals surface area contributed by atoms with Crippen molar-refractivity contribution in [2.75, 3.05) is 12.4 Å². The minimum Gasteiger partial charge on any atom is -0.508 e. The van der Waals surface area contributed by atoms with E-state index in [4.69, 9.17) is 5.11 Å². The van der Waals surface area contributed by atoms with Crippen LogP contribution >= 0.6 is 0 Å². The minimum absolute atomic E-state index is 0.245. The van der Waals surface area contributed by atoms with Crippen molar-refractivity contribution >= 4 is 5.95 Å². The third kappa shape index (κ3) is 1.63. The van der Waals surface area contributed by atoms with Crippen molar-refractivity contribution in [2.45, 2.75) is 0 Å². The van der Waals surface area contributed by atoms with Crippen molar-refractivity contribution in [3.8, 4) is 17.1 Å². The number of nitrogens with one attached hydrogen (secondary N) is 1. The number of aromatic hydroxyl groups is 1. The van der Waals surface area contributed by atoms with Crippen molar-refractivity contribution in [3.63, 3.8) is 0 Å². The Labute approximate surface area is 87.4 Å². The van der Waals surface area contributed by atoms with E-state index in [1.165, 1.54) is 0 Å². The van der Waals surface area contributed by atoms with Crippen LogP contribution in [-0.2, 0) is 7.05 Å². The van der Waals surface area contributed by atoms with Crippen molar-refractivity contribution in [1.29, 1.82) is 0 Å². The summed E-state index contributed by atoms with van der Waals surface area (Å²) in [6.07, 6.45) is 0. The quantitative estimate of drug-likeness (QED) is 0.772. The number of phenolic OH excluding ortho intramolecular Hbond substituents is 1. The first-order chi connectivity index (χ1) is 7.22. The average Bonchev–Trinajstić information content (AvgIpc) is 2.61. The molecule has 2 rings (SSSR count). The predicted octanol–water partition coefficient (Wildman–Crippen LogP) is 1.23. The molecule has 5 heteroatoms. The number of nitrogens with zero attached hydrogens (tertiary/aromatic N) is 3. The van der Waals surface area contributed by atoms with Gasteiger partial charge in [0, 0.05) is 19.7 Å². The van der Waals surface area contributed by atoms with Gasteiger partial charge in [-0.25, -0.2) is 0 Å². The van der Waals surface area contributed by atoms with E-state index in [9.17, 15) is 0 Å².